The number of halogens is 1. The molecule has 6 heteroatoms. The lowest BCUT2D eigenvalue weighted by Crippen LogP contribution is -2.26. The molecule has 0 spiro atoms. The lowest BCUT2D eigenvalue weighted by molar-refractivity contribution is 0.467. The second-order valence-corrected chi connectivity index (χ2v) is 8.18. The third-order valence-corrected chi connectivity index (χ3v) is 5.92. The highest BCUT2D eigenvalue weighted by Gasteiger charge is 2.23. The van der Waals surface area contributed by atoms with Gasteiger partial charge < -0.3 is 4.90 Å². The van der Waals surface area contributed by atoms with Crippen molar-refractivity contribution < 1.29 is 8.42 Å². The van der Waals surface area contributed by atoms with Crippen LogP contribution in [0.5, 0.6) is 0 Å². The summed E-state index contributed by atoms with van der Waals surface area (Å²) in [5.74, 6) is 0. The van der Waals surface area contributed by atoms with E-state index in [2.05, 4.69) is 0 Å². The van der Waals surface area contributed by atoms with E-state index in [4.69, 9.17) is 11.6 Å². The smallest absolute Gasteiger partial charge is 0.244 e. The average molecular weight is 353 g/mol. The van der Waals surface area contributed by atoms with Crippen LogP contribution in [0.3, 0.4) is 0 Å². The molecule has 0 bridgehead atoms. The van der Waals surface area contributed by atoms with Crippen LogP contribution in [0.1, 0.15) is 11.1 Å². The molecule has 2 rings (SSSR count). The predicted molar refractivity (Wildman–Crippen MR) is 95.6 cm³/mol. The molecule has 0 aliphatic heterocycles. The van der Waals surface area contributed by atoms with Crippen molar-refractivity contribution in [2.75, 3.05) is 26.0 Å². The van der Waals surface area contributed by atoms with Gasteiger partial charge in [0.2, 0.25) is 10.0 Å². The Morgan fingerprint density at radius 3 is 2.13 bits per heavy atom. The molecule has 0 aliphatic carbocycles. The molecule has 0 unspecified atom stereocenters. The quantitative estimate of drug-likeness (QED) is 0.826. The summed E-state index contributed by atoms with van der Waals surface area (Å²) in [4.78, 5) is 2.13. The highest BCUT2D eigenvalue weighted by molar-refractivity contribution is 7.89. The second-order valence-electron chi connectivity index (χ2n) is 5.76. The molecule has 0 aromatic heterocycles. The van der Waals surface area contributed by atoms with Crippen molar-refractivity contribution in [2.24, 2.45) is 0 Å². The lowest BCUT2D eigenvalue weighted by atomic mass is 10.2. The summed E-state index contributed by atoms with van der Waals surface area (Å²) in [6.07, 6.45) is 0. The first-order valence-electron chi connectivity index (χ1n) is 7.20. The van der Waals surface area contributed by atoms with Gasteiger partial charge in [0.05, 0.1) is 5.02 Å². The van der Waals surface area contributed by atoms with Crippen LogP contribution < -0.4 is 4.90 Å². The van der Waals surface area contributed by atoms with Crippen LogP contribution in [0, 0.1) is 6.92 Å². The van der Waals surface area contributed by atoms with Gasteiger partial charge in [0.1, 0.15) is 4.90 Å². The van der Waals surface area contributed by atoms with Gasteiger partial charge in [-0.25, -0.2) is 8.42 Å². The fourth-order valence-electron chi connectivity index (χ4n) is 2.22. The van der Waals surface area contributed by atoms with E-state index in [0.717, 1.165) is 16.8 Å². The van der Waals surface area contributed by atoms with Gasteiger partial charge in [-0.15, -0.1) is 0 Å². The standard InChI is InChI=1S/C17H21ClN2O2S/c1-13-5-10-17(16(18)11-13)23(21,22)20(4)12-14-6-8-15(9-7-14)19(2)3/h5-11H,12H2,1-4H3. The van der Waals surface area contributed by atoms with Crippen LogP contribution in [0.2, 0.25) is 5.02 Å². The Morgan fingerprint density at radius 1 is 1.00 bits per heavy atom. The Morgan fingerprint density at radius 2 is 1.61 bits per heavy atom. The molecule has 0 saturated carbocycles. The number of rotatable bonds is 5. The van der Waals surface area contributed by atoms with Crippen molar-refractivity contribution in [3.05, 3.63) is 58.6 Å². The Kier molecular flexibility index (Phi) is 5.34. The fraction of sp³-hybridized carbons (Fsp3) is 0.294. The van der Waals surface area contributed by atoms with E-state index in [0.29, 0.717) is 6.54 Å². The van der Waals surface area contributed by atoms with Gasteiger partial charge in [-0.05, 0) is 42.3 Å². The fourth-order valence-corrected chi connectivity index (χ4v) is 3.95. The molecule has 4 nitrogen and oxygen atoms in total. The van der Waals surface area contributed by atoms with Crippen molar-refractivity contribution in [3.8, 4) is 0 Å². The third kappa shape index (κ3) is 4.05. The molecule has 2 aromatic rings. The van der Waals surface area contributed by atoms with E-state index in [9.17, 15) is 8.42 Å². The molecule has 0 saturated heterocycles. The van der Waals surface area contributed by atoms with Gasteiger partial charge in [-0.1, -0.05) is 29.8 Å². The molecule has 2 aromatic carbocycles. The first-order valence-corrected chi connectivity index (χ1v) is 9.02. The maximum absolute atomic E-state index is 12.7. The summed E-state index contributed by atoms with van der Waals surface area (Å²) in [7, 11) is 1.87. The molecule has 124 valence electrons. The van der Waals surface area contributed by atoms with Crippen LogP contribution in [0.25, 0.3) is 0 Å². The normalized spacial score (nSPS) is 11.7. The molecule has 0 fully saturated rings. The minimum atomic E-state index is -3.62. The van der Waals surface area contributed by atoms with Gasteiger partial charge in [-0.2, -0.15) is 4.31 Å². The number of sulfonamides is 1. The number of hydrogen-bond acceptors (Lipinski definition) is 3. The number of anilines is 1. The van der Waals surface area contributed by atoms with E-state index >= 15 is 0 Å². The lowest BCUT2D eigenvalue weighted by Gasteiger charge is -2.19. The highest BCUT2D eigenvalue weighted by atomic mass is 35.5. The summed E-state index contributed by atoms with van der Waals surface area (Å²) < 4.78 is 26.7. The van der Waals surface area contributed by atoms with Crippen molar-refractivity contribution in [3.63, 3.8) is 0 Å². The van der Waals surface area contributed by atoms with Gasteiger partial charge in [0.25, 0.3) is 0 Å². The zero-order chi connectivity index (χ0) is 17.2. The maximum Gasteiger partial charge on any atom is 0.244 e. The molecule has 0 aliphatic rings. The maximum atomic E-state index is 12.7. The number of benzene rings is 2. The molecular formula is C17H21ClN2O2S. The molecule has 0 N–H and O–H groups in total. The van der Waals surface area contributed by atoms with Gasteiger partial charge >= 0.3 is 0 Å². The van der Waals surface area contributed by atoms with Crippen molar-refractivity contribution >= 4 is 27.3 Å². The summed E-state index contributed by atoms with van der Waals surface area (Å²) in [5.41, 5.74) is 2.92. The van der Waals surface area contributed by atoms with Gasteiger partial charge in [0, 0.05) is 33.4 Å². The number of aryl methyl sites for hydroxylation is 1. The molecule has 0 radical (unpaired) electrons. The third-order valence-electron chi connectivity index (χ3n) is 3.63. The monoisotopic (exact) mass is 352 g/mol. The molecule has 0 atom stereocenters. The molecule has 0 amide bonds. The molecular weight excluding hydrogens is 332 g/mol. The largest absolute Gasteiger partial charge is 0.378 e. The number of hydrogen-bond donors (Lipinski definition) is 0. The van der Waals surface area contributed by atoms with Gasteiger partial charge in [0.15, 0.2) is 0 Å². The Hall–Kier alpha value is -1.56. The van der Waals surface area contributed by atoms with Crippen molar-refractivity contribution in [2.45, 2.75) is 18.4 Å². The van der Waals surface area contributed by atoms with E-state index in [1.807, 2.05) is 50.2 Å². The Labute approximate surface area is 143 Å². The van der Waals surface area contributed by atoms with E-state index < -0.39 is 10.0 Å². The minimum Gasteiger partial charge on any atom is -0.378 e. The SMILES string of the molecule is Cc1ccc(S(=O)(=O)N(C)Cc2ccc(N(C)C)cc2)c(Cl)c1. The summed E-state index contributed by atoms with van der Waals surface area (Å²) >= 11 is 6.11. The number of nitrogens with zero attached hydrogens (tertiary/aromatic N) is 2. The van der Waals surface area contributed by atoms with Crippen LogP contribution in [0.15, 0.2) is 47.4 Å². The van der Waals surface area contributed by atoms with Crippen molar-refractivity contribution in [1.82, 2.24) is 4.31 Å². The Balaban J connectivity index is 2.23. The van der Waals surface area contributed by atoms with E-state index in [1.165, 1.54) is 4.31 Å². The minimum absolute atomic E-state index is 0.136. The predicted octanol–water partition coefficient (Wildman–Crippen LogP) is 3.54. The van der Waals surface area contributed by atoms with Crippen LogP contribution in [-0.2, 0) is 16.6 Å². The second kappa shape index (κ2) is 6.91. The first kappa shape index (κ1) is 17.8. The molecule has 0 heterocycles. The van der Waals surface area contributed by atoms with E-state index in [1.54, 1.807) is 25.2 Å². The van der Waals surface area contributed by atoms with E-state index in [-0.39, 0.29) is 9.92 Å². The summed E-state index contributed by atoms with van der Waals surface area (Å²) in [6.45, 7) is 2.17. The summed E-state index contributed by atoms with van der Waals surface area (Å²) in [6, 6.07) is 12.8. The average Bonchev–Trinajstić information content (AvgIpc) is 2.47. The first-order chi connectivity index (χ1) is 10.7. The molecule has 23 heavy (non-hydrogen) atoms. The zero-order valence-electron chi connectivity index (χ0n) is 13.7. The summed E-state index contributed by atoms with van der Waals surface area (Å²) in [5, 5.41) is 0.250. The van der Waals surface area contributed by atoms with Crippen LogP contribution in [0.4, 0.5) is 5.69 Å². The highest BCUT2D eigenvalue weighted by Crippen LogP contribution is 2.26. The zero-order valence-corrected chi connectivity index (χ0v) is 15.3. The Bertz CT molecular complexity index is 787. The van der Waals surface area contributed by atoms with Crippen LogP contribution in [-0.4, -0.2) is 33.9 Å². The van der Waals surface area contributed by atoms with Crippen LogP contribution >= 0.6 is 11.6 Å². The topological polar surface area (TPSA) is 40.6 Å². The van der Waals surface area contributed by atoms with Gasteiger partial charge in [-0.3, -0.25) is 0 Å². The van der Waals surface area contributed by atoms with Crippen molar-refractivity contribution in [1.29, 1.82) is 0 Å².